The molecule has 1 amide bonds. The van der Waals surface area contributed by atoms with E-state index in [2.05, 4.69) is 17.6 Å². The van der Waals surface area contributed by atoms with Gasteiger partial charge in [-0.25, -0.2) is 0 Å². The fourth-order valence-corrected chi connectivity index (χ4v) is 2.64. The van der Waals surface area contributed by atoms with Gasteiger partial charge in [0.15, 0.2) is 0 Å². The monoisotopic (exact) mass is 293 g/mol. The van der Waals surface area contributed by atoms with Crippen molar-refractivity contribution in [2.75, 3.05) is 12.1 Å². The maximum Gasteiger partial charge on any atom is 0.258 e. The third kappa shape index (κ3) is 2.81. The molecular weight excluding hydrogens is 274 g/mol. The number of carbonyl (C=O) groups excluding carboxylic acids is 1. The van der Waals surface area contributed by atoms with Crippen LogP contribution >= 0.6 is 0 Å². The third-order valence-electron chi connectivity index (χ3n) is 3.76. The zero-order chi connectivity index (χ0) is 15.5. The van der Waals surface area contributed by atoms with Crippen LogP contribution in [0.3, 0.4) is 0 Å². The molecule has 0 aliphatic heterocycles. The predicted octanol–water partition coefficient (Wildman–Crippen LogP) is 3.12. The number of hydrogen-bond donors (Lipinski definition) is 1. The van der Waals surface area contributed by atoms with Gasteiger partial charge in [0, 0.05) is 18.3 Å². The zero-order valence-electron chi connectivity index (χ0n) is 12.8. The standard InChI is InChI=1S/C18H19N3O/c1-14-12-15-8-6-7-11-17(15)21(14)13-18(22)19-20(2)16-9-4-3-5-10-16/h3-12H,13H2,1-2H3,(H,19,22). The molecule has 1 N–H and O–H groups in total. The summed E-state index contributed by atoms with van der Waals surface area (Å²) in [5, 5.41) is 2.90. The topological polar surface area (TPSA) is 37.3 Å². The van der Waals surface area contributed by atoms with Crippen molar-refractivity contribution in [2.45, 2.75) is 13.5 Å². The van der Waals surface area contributed by atoms with Crippen LogP contribution in [-0.4, -0.2) is 17.5 Å². The summed E-state index contributed by atoms with van der Waals surface area (Å²) in [7, 11) is 1.84. The van der Waals surface area contributed by atoms with Gasteiger partial charge in [0.2, 0.25) is 0 Å². The van der Waals surface area contributed by atoms with Crippen molar-refractivity contribution >= 4 is 22.5 Å². The minimum absolute atomic E-state index is 0.0455. The molecule has 1 aromatic heterocycles. The molecule has 3 aromatic rings. The molecule has 4 heteroatoms. The molecule has 1 heterocycles. The van der Waals surface area contributed by atoms with E-state index in [1.807, 2.05) is 67.1 Å². The highest BCUT2D eigenvalue weighted by Gasteiger charge is 2.11. The molecule has 2 aromatic carbocycles. The van der Waals surface area contributed by atoms with Crippen LogP contribution in [0, 0.1) is 6.92 Å². The number of hydrogen-bond acceptors (Lipinski definition) is 2. The lowest BCUT2D eigenvalue weighted by molar-refractivity contribution is -0.121. The van der Waals surface area contributed by atoms with Gasteiger partial charge < -0.3 is 4.57 Å². The van der Waals surface area contributed by atoms with E-state index >= 15 is 0 Å². The highest BCUT2D eigenvalue weighted by atomic mass is 16.2. The Morgan fingerprint density at radius 3 is 2.55 bits per heavy atom. The SMILES string of the molecule is Cc1cc2ccccc2n1CC(=O)NN(C)c1ccccc1. The summed E-state index contributed by atoms with van der Waals surface area (Å²) in [5.74, 6) is -0.0455. The van der Waals surface area contributed by atoms with Crippen LogP contribution in [0.1, 0.15) is 5.69 Å². The second-order valence-electron chi connectivity index (χ2n) is 5.36. The summed E-state index contributed by atoms with van der Waals surface area (Å²) in [6.07, 6.45) is 0. The number of amides is 1. The van der Waals surface area contributed by atoms with Gasteiger partial charge in [-0.05, 0) is 36.6 Å². The lowest BCUT2D eigenvalue weighted by Crippen LogP contribution is -2.41. The molecule has 0 spiro atoms. The smallest absolute Gasteiger partial charge is 0.258 e. The molecule has 0 unspecified atom stereocenters. The van der Waals surface area contributed by atoms with Crippen molar-refractivity contribution in [1.82, 2.24) is 9.99 Å². The van der Waals surface area contributed by atoms with Crippen LogP contribution in [0.2, 0.25) is 0 Å². The van der Waals surface area contributed by atoms with Crippen molar-refractivity contribution in [1.29, 1.82) is 0 Å². The zero-order valence-corrected chi connectivity index (χ0v) is 12.8. The summed E-state index contributed by atoms with van der Waals surface area (Å²) in [6, 6.07) is 20.0. The second kappa shape index (κ2) is 5.93. The highest BCUT2D eigenvalue weighted by Crippen LogP contribution is 2.19. The number of aromatic nitrogens is 1. The maximum atomic E-state index is 12.3. The molecule has 0 saturated carbocycles. The third-order valence-corrected chi connectivity index (χ3v) is 3.76. The molecule has 0 saturated heterocycles. The van der Waals surface area contributed by atoms with E-state index in [0.29, 0.717) is 6.54 Å². The Labute approximate surface area is 129 Å². The van der Waals surface area contributed by atoms with Crippen molar-refractivity contribution in [3.05, 3.63) is 66.4 Å². The van der Waals surface area contributed by atoms with E-state index in [9.17, 15) is 4.79 Å². The molecule has 0 fully saturated rings. The lowest BCUT2D eigenvalue weighted by atomic mass is 10.2. The minimum Gasteiger partial charge on any atom is -0.335 e. The fraction of sp³-hybridized carbons (Fsp3) is 0.167. The van der Waals surface area contributed by atoms with Crippen molar-refractivity contribution in [3.8, 4) is 0 Å². The number of nitrogens with zero attached hydrogens (tertiary/aromatic N) is 2. The number of anilines is 1. The van der Waals surface area contributed by atoms with E-state index in [4.69, 9.17) is 0 Å². The van der Waals surface area contributed by atoms with E-state index in [-0.39, 0.29) is 5.91 Å². The van der Waals surface area contributed by atoms with Gasteiger partial charge >= 0.3 is 0 Å². The molecule has 3 rings (SSSR count). The van der Waals surface area contributed by atoms with E-state index < -0.39 is 0 Å². The first-order valence-electron chi connectivity index (χ1n) is 7.28. The van der Waals surface area contributed by atoms with Crippen molar-refractivity contribution in [3.63, 3.8) is 0 Å². The Balaban J connectivity index is 1.75. The van der Waals surface area contributed by atoms with Gasteiger partial charge in [0.05, 0.1) is 5.69 Å². The molecule has 0 aliphatic carbocycles. The quantitative estimate of drug-likeness (QED) is 0.750. The van der Waals surface area contributed by atoms with Crippen molar-refractivity contribution < 1.29 is 4.79 Å². The van der Waals surface area contributed by atoms with Gasteiger partial charge in [0.25, 0.3) is 5.91 Å². The first kappa shape index (κ1) is 14.2. The highest BCUT2D eigenvalue weighted by molar-refractivity contribution is 5.84. The Hall–Kier alpha value is -2.75. The first-order valence-corrected chi connectivity index (χ1v) is 7.28. The molecule has 0 aliphatic rings. The first-order chi connectivity index (χ1) is 10.6. The van der Waals surface area contributed by atoms with Crippen LogP contribution in [-0.2, 0) is 11.3 Å². The Morgan fingerprint density at radius 2 is 1.77 bits per heavy atom. The summed E-state index contributed by atoms with van der Waals surface area (Å²) >= 11 is 0. The number of hydrazine groups is 1. The van der Waals surface area contributed by atoms with Gasteiger partial charge in [0.1, 0.15) is 6.54 Å². The van der Waals surface area contributed by atoms with Gasteiger partial charge in [-0.2, -0.15) is 0 Å². The summed E-state index contributed by atoms with van der Waals surface area (Å²) in [4.78, 5) is 12.3. The number of aryl methyl sites for hydroxylation is 1. The van der Waals surface area contributed by atoms with E-state index in [1.54, 1.807) is 5.01 Å². The fourth-order valence-electron chi connectivity index (χ4n) is 2.64. The molecule has 112 valence electrons. The number of rotatable bonds is 4. The molecule has 22 heavy (non-hydrogen) atoms. The van der Waals surface area contributed by atoms with Crippen LogP contribution in [0.4, 0.5) is 5.69 Å². The van der Waals surface area contributed by atoms with Gasteiger partial charge in [-0.3, -0.25) is 15.2 Å². The van der Waals surface area contributed by atoms with Crippen LogP contribution in [0.15, 0.2) is 60.7 Å². The van der Waals surface area contributed by atoms with Crippen LogP contribution in [0.5, 0.6) is 0 Å². The molecule has 0 radical (unpaired) electrons. The Morgan fingerprint density at radius 1 is 1.09 bits per heavy atom. The average molecular weight is 293 g/mol. The molecule has 0 bridgehead atoms. The molecule has 4 nitrogen and oxygen atoms in total. The number of para-hydroxylation sites is 2. The lowest BCUT2D eigenvalue weighted by Gasteiger charge is -2.20. The van der Waals surface area contributed by atoms with Crippen molar-refractivity contribution in [2.24, 2.45) is 0 Å². The summed E-state index contributed by atoms with van der Waals surface area (Å²) < 4.78 is 2.03. The molecular formula is C18H19N3O. The van der Waals surface area contributed by atoms with E-state index in [0.717, 1.165) is 22.3 Å². The maximum absolute atomic E-state index is 12.3. The van der Waals surface area contributed by atoms with E-state index in [1.165, 1.54) is 0 Å². The minimum atomic E-state index is -0.0455. The average Bonchev–Trinajstić information content (AvgIpc) is 2.84. The van der Waals surface area contributed by atoms with Gasteiger partial charge in [-0.15, -0.1) is 0 Å². The number of nitrogens with one attached hydrogen (secondary N) is 1. The number of carbonyl (C=O) groups is 1. The Kier molecular flexibility index (Phi) is 3.83. The second-order valence-corrected chi connectivity index (χ2v) is 5.36. The Bertz CT molecular complexity index is 792. The van der Waals surface area contributed by atoms with Crippen LogP contribution in [0.25, 0.3) is 10.9 Å². The number of fused-ring (bicyclic) bond motifs is 1. The summed E-state index contributed by atoms with van der Waals surface area (Å²) in [5.41, 5.74) is 6.01. The van der Waals surface area contributed by atoms with Crippen LogP contribution < -0.4 is 10.4 Å². The van der Waals surface area contributed by atoms with Gasteiger partial charge in [-0.1, -0.05) is 36.4 Å². The largest absolute Gasteiger partial charge is 0.335 e. The predicted molar refractivity (Wildman–Crippen MR) is 89.7 cm³/mol. The molecule has 0 atom stereocenters. The number of benzene rings is 2. The summed E-state index contributed by atoms with van der Waals surface area (Å²) in [6.45, 7) is 2.32. The normalized spacial score (nSPS) is 10.6.